The molecule has 1 aliphatic rings. The Kier molecular flexibility index (Phi) is 4.81. The van der Waals surface area contributed by atoms with Crippen LogP contribution in [0.3, 0.4) is 0 Å². The number of nitrogens with one attached hydrogen (secondary N) is 1. The van der Waals surface area contributed by atoms with E-state index in [1.165, 1.54) is 30.4 Å². The van der Waals surface area contributed by atoms with Gasteiger partial charge >= 0.3 is 0 Å². The molecule has 2 nitrogen and oxygen atoms in total. The Labute approximate surface area is 114 Å². The molecular formula is C15H21ClN2. The molecule has 0 fully saturated rings. The van der Waals surface area contributed by atoms with Gasteiger partial charge in [-0.1, -0.05) is 41.8 Å². The maximum absolute atomic E-state index is 6.20. The molecule has 0 aromatic heterocycles. The topological polar surface area (TPSA) is 38.0 Å². The summed E-state index contributed by atoms with van der Waals surface area (Å²) < 4.78 is 0. The fraction of sp³-hybridized carbons (Fsp3) is 0.467. The van der Waals surface area contributed by atoms with Crippen molar-refractivity contribution in [2.75, 3.05) is 0 Å². The van der Waals surface area contributed by atoms with Gasteiger partial charge in [-0.2, -0.15) is 0 Å². The largest absolute Gasteiger partial charge is 0.271 e. The summed E-state index contributed by atoms with van der Waals surface area (Å²) in [5, 5.41) is 0.807. The van der Waals surface area contributed by atoms with Gasteiger partial charge in [0.25, 0.3) is 0 Å². The van der Waals surface area contributed by atoms with Crippen LogP contribution in [0, 0.1) is 6.92 Å². The van der Waals surface area contributed by atoms with Gasteiger partial charge in [-0.05, 0) is 49.8 Å². The minimum atomic E-state index is 0.0989. The first-order valence-electron chi connectivity index (χ1n) is 6.64. The molecule has 1 unspecified atom stereocenters. The van der Waals surface area contributed by atoms with E-state index in [0.717, 1.165) is 23.4 Å². The highest BCUT2D eigenvalue weighted by Gasteiger charge is 2.18. The lowest BCUT2D eigenvalue weighted by Gasteiger charge is -2.22. The third-order valence-corrected chi connectivity index (χ3v) is 4.14. The molecule has 0 aliphatic heterocycles. The summed E-state index contributed by atoms with van der Waals surface area (Å²) in [5.74, 6) is 5.77. The standard InChI is InChI=1S/C15H21ClN2/c1-11-13(9-6-10-14(11)16)15(18-17)12-7-4-2-3-5-8-12/h6-7,9-10,15,18H,2-5,8,17H2,1H3. The molecule has 1 atom stereocenters. The SMILES string of the molecule is Cc1c(Cl)cccc1C(NN)C1=CCCCCC1. The summed E-state index contributed by atoms with van der Waals surface area (Å²) in [4.78, 5) is 0. The Morgan fingerprint density at radius 3 is 2.89 bits per heavy atom. The number of benzene rings is 1. The van der Waals surface area contributed by atoms with Crippen molar-refractivity contribution in [1.82, 2.24) is 5.43 Å². The highest BCUT2D eigenvalue weighted by molar-refractivity contribution is 6.31. The number of hydrazine groups is 1. The van der Waals surface area contributed by atoms with Crippen molar-refractivity contribution in [3.05, 3.63) is 46.0 Å². The number of hydrogen-bond donors (Lipinski definition) is 2. The predicted molar refractivity (Wildman–Crippen MR) is 77.4 cm³/mol. The van der Waals surface area contributed by atoms with E-state index in [2.05, 4.69) is 24.5 Å². The van der Waals surface area contributed by atoms with Crippen LogP contribution in [0.15, 0.2) is 29.8 Å². The van der Waals surface area contributed by atoms with Crippen molar-refractivity contribution < 1.29 is 0 Å². The molecule has 0 heterocycles. The lowest BCUT2D eigenvalue weighted by Crippen LogP contribution is -2.30. The second-order valence-corrected chi connectivity index (χ2v) is 5.34. The Morgan fingerprint density at radius 1 is 1.28 bits per heavy atom. The van der Waals surface area contributed by atoms with Crippen LogP contribution in [0.25, 0.3) is 0 Å². The third kappa shape index (κ3) is 2.94. The molecule has 0 bridgehead atoms. The molecule has 0 spiro atoms. The average Bonchev–Trinajstić information content (AvgIpc) is 2.64. The van der Waals surface area contributed by atoms with Gasteiger partial charge in [-0.15, -0.1) is 0 Å². The number of allylic oxidation sites excluding steroid dienone is 1. The van der Waals surface area contributed by atoms with Gasteiger partial charge in [0, 0.05) is 5.02 Å². The van der Waals surface area contributed by atoms with Crippen molar-refractivity contribution in [2.24, 2.45) is 5.84 Å². The van der Waals surface area contributed by atoms with Crippen LogP contribution in [-0.2, 0) is 0 Å². The van der Waals surface area contributed by atoms with E-state index in [-0.39, 0.29) is 6.04 Å². The number of rotatable bonds is 3. The maximum Gasteiger partial charge on any atom is 0.0673 e. The van der Waals surface area contributed by atoms with Crippen LogP contribution in [-0.4, -0.2) is 0 Å². The normalized spacial score (nSPS) is 18.1. The number of hydrogen-bond acceptors (Lipinski definition) is 2. The molecule has 0 amide bonds. The summed E-state index contributed by atoms with van der Waals surface area (Å²) in [5.41, 5.74) is 6.67. The molecule has 1 aliphatic carbocycles. The van der Waals surface area contributed by atoms with Crippen molar-refractivity contribution in [3.8, 4) is 0 Å². The van der Waals surface area contributed by atoms with Gasteiger partial charge in [0.2, 0.25) is 0 Å². The van der Waals surface area contributed by atoms with E-state index in [1.807, 2.05) is 12.1 Å². The monoisotopic (exact) mass is 264 g/mol. The fourth-order valence-corrected chi connectivity index (χ4v) is 2.82. The second kappa shape index (κ2) is 6.37. The number of halogens is 1. The molecule has 18 heavy (non-hydrogen) atoms. The second-order valence-electron chi connectivity index (χ2n) is 4.93. The summed E-state index contributed by atoms with van der Waals surface area (Å²) in [7, 11) is 0. The highest BCUT2D eigenvalue weighted by atomic mass is 35.5. The van der Waals surface area contributed by atoms with Gasteiger partial charge in [0.1, 0.15) is 0 Å². The highest BCUT2D eigenvalue weighted by Crippen LogP contribution is 2.32. The van der Waals surface area contributed by atoms with Gasteiger partial charge < -0.3 is 0 Å². The van der Waals surface area contributed by atoms with Crippen LogP contribution in [0.5, 0.6) is 0 Å². The van der Waals surface area contributed by atoms with E-state index in [9.17, 15) is 0 Å². The zero-order valence-electron chi connectivity index (χ0n) is 10.9. The maximum atomic E-state index is 6.20. The zero-order valence-corrected chi connectivity index (χ0v) is 11.6. The molecule has 3 heteroatoms. The van der Waals surface area contributed by atoms with E-state index >= 15 is 0 Å². The molecule has 1 aromatic rings. The van der Waals surface area contributed by atoms with E-state index in [0.29, 0.717) is 0 Å². The summed E-state index contributed by atoms with van der Waals surface area (Å²) in [6.07, 6.45) is 8.48. The van der Waals surface area contributed by atoms with Crippen LogP contribution in [0.1, 0.15) is 49.3 Å². The van der Waals surface area contributed by atoms with Crippen LogP contribution in [0.2, 0.25) is 5.02 Å². The third-order valence-electron chi connectivity index (χ3n) is 3.73. The first-order chi connectivity index (χ1) is 8.74. The van der Waals surface area contributed by atoms with Gasteiger partial charge in [0.15, 0.2) is 0 Å². The van der Waals surface area contributed by atoms with Crippen LogP contribution >= 0.6 is 11.6 Å². The van der Waals surface area contributed by atoms with Crippen LogP contribution in [0.4, 0.5) is 0 Å². The van der Waals surface area contributed by atoms with Gasteiger partial charge in [0.05, 0.1) is 6.04 Å². The Bertz CT molecular complexity index is 440. The Hall–Kier alpha value is -0.830. The molecule has 0 saturated carbocycles. The number of nitrogens with two attached hydrogens (primary N) is 1. The minimum absolute atomic E-state index is 0.0989. The van der Waals surface area contributed by atoms with Crippen molar-refractivity contribution in [1.29, 1.82) is 0 Å². The molecule has 0 saturated heterocycles. The van der Waals surface area contributed by atoms with E-state index in [1.54, 1.807) is 0 Å². The summed E-state index contributed by atoms with van der Waals surface area (Å²) in [6, 6.07) is 6.13. The Morgan fingerprint density at radius 2 is 2.11 bits per heavy atom. The molecule has 98 valence electrons. The lowest BCUT2D eigenvalue weighted by atomic mass is 9.92. The van der Waals surface area contributed by atoms with Crippen LogP contribution < -0.4 is 11.3 Å². The quantitative estimate of drug-likeness (QED) is 0.491. The van der Waals surface area contributed by atoms with Gasteiger partial charge in [-0.3, -0.25) is 5.84 Å². The molecular weight excluding hydrogens is 244 g/mol. The lowest BCUT2D eigenvalue weighted by molar-refractivity contribution is 0.590. The molecule has 3 N–H and O–H groups in total. The van der Waals surface area contributed by atoms with Crippen molar-refractivity contribution >= 4 is 11.6 Å². The first-order valence-corrected chi connectivity index (χ1v) is 7.02. The van der Waals surface area contributed by atoms with Gasteiger partial charge in [-0.25, -0.2) is 5.43 Å². The minimum Gasteiger partial charge on any atom is -0.271 e. The first kappa shape index (κ1) is 13.6. The smallest absolute Gasteiger partial charge is 0.0673 e. The summed E-state index contributed by atoms with van der Waals surface area (Å²) >= 11 is 6.20. The molecule has 2 rings (SSSR count). The zero-order chi connectivity index (χ0) is 13.0. The predicted octanol–water partition coefficient (Wildman–Crippen LogP) is 4.04. The van der Waals surface area contributed by atoms with Crippen molar-refractivity contribution in [3.63, 3.8) is 0 Å². The van der Waals surface area contributed by atoms with Crippen molar-refractivity contribution in [2.45, 2.75) is 45.1 Å². The van der Waals surface area contributed by atoms with E-state index in [4.69, 9.17) is 17.4 Å². The average molecular weight is 265 g/mol. The fourth-order valence-electron chi connectivity index (χ4n) is 2.64. The molecule has 1 aromatic carbocycles. The molecule has 0 radical (unpaired) electrons. The van der Waals surface area contributed by atoms with E-state index < -0.39 is 0 Å². The Balaban J connectivity index is 2.32. The summed E-state index contributed by atoms with van der Waals surface area (Å²) in [6.45, 7) is 2.05.